The molecule has 1 aliphatic rings. The van der Waals surface area contributed by atoms with Crippen LogP contribution >= 0.6 is 0 Å². The molecular formula is C16H23F2NO2. The van der Waals surface area contributed by atoms with Crippen LogP contribution in [0.4, 0.5) is 8.78 Å². The first-order chi connectivity index (χ1) is 10.1. The van der Waals surface area contributed by atoms with E-state index in [0.29, 0.717) is 24.9 Å². The zero-order valence-electron chi connectivity index (χ0n) is 12.6. The summed E-state index contributed by atoms with van der Waals surface area (Å²) in [5.41, 5.74) is 1.00. The summed E-state index contributed by atoms with van der Waals surface area (Å²) in [6.45, 7) is 2.26. The van der Waals surface area contributed by atoms with Gasteiger partial charge in [0.2, 0.25) is 0 Å². The van der Waals surface area contributed by atoms with E-state index in [4.69, 9.17) is 4.74 Å². The highest BCUT2D eigenvalue weighted by atomic mass is 19.3. The van der Waals surface area contributed by atoms with Crippen molar-refractivity contribution in [1.29, 1.82) is 0 Å². The van der Waals surface area contributed by atoms with Gasteiger partial charge in [-0.1, -0.05) is 18.9 Å². The van der Waals surface area contributed by atoms with Gasteiger partial charge in [-0.05, 0) is 43.9 Å². The third kappa shape index (κ3) is 5.50. The molecule has 1 aromatic rings. The largest absolute Gasteiger partial charge is 0.490 e. The van der Waals surface area contributed by atoms with E-state index in [1.165, 1.54) is 19.3 Å². The summed E-state index contributed by atoms with van der Waals surface area (Å²) in [6.07, 6.45) is 3.89. The van der Waals surface area contributed by atoms with Crippen molar-refractivity contribution >= 4 is 0 Å². The molecule has 2 rings (SSSR count). The average molecular weight is 299 g/mol. The smallest absolute Gasteiger partial charge is 0.387 e. The quantitative estimate of drug-likeness (QED) is 0.748. The Morgan fingerprint density at radius 1 is 1.29 bits per heavy atom. The maximum atomic E-state index is 12.3. The lowest BCUT2D eigenvalue weighted by Crippen LogP contribution is -2.25. The van der Waals surface area contributed by atoms with Crippen molar-refractivity contribution in [3.05, 3.63) is 23.8 Å². The fraction of sp³-hybridized carbons (Fsp3) is 0.625. The van der Waals surface area contributed by atoms with Gasteiger partial charge in [-0.3, -0.25) is 0 Å². The van der Waals surface area contributed by atoms with Gasteiger partial charge in [0, 0.05) is 12.6 Å². The molecule has 1 fully saturated rings. The summed E-state index contributed by atoms with van der Waals surface area (Å²) in [6, 6.07) is 5.56. The predicted octanol–water partition coefficient (Wildman–Crippen LogP) is 3.96. The first kappa shape index (κ1) is 16.0. The molecule has 21 heavy (non-hydrogen) atoms. The molecule has 3 nitrogen and oxygen atoms in total. The van der Waals surface area contributed by atoms with E-state index in [1.807, 2.05) is 6.92 Å². The molecule has 0 bridgehead atoms. The second kappa shape index (κ2) is 7.59. The van der Waals surface area contributed by atoms with Crippen molar-refractivity contribution in [3.63, 3.8) is 0 Å². The van der Waals surface area contributed by atoms with Crippen molar-refractivity contribution in [2.45, 2.75) is 52.3 Å². The molecule has 0 aromatic heterocycles. The van der Waals surface area contributed by atoms with E-state index >= 15 is 0 Å². The number of alkyl halides is 2. The molecule has 1 atom stereocenters. The summed E-state index contributed by atoms with van der Waals surface area (Å²) in [5, 5.41) is 3.46. The second-order valence-electron chi connectivity index (χ2n) is 5.55. The van der Waals surface area contributed by atoms with Gasteiger partial charge in [0.15, 0.2) is 11.5 Å². The summed E-state index contributed by atoms with van der Waals surface area (Å²) < 4.78 is 34.5. The minimum atomic E-state index is -2.84. The molecule has 1 N–H and O–H groups in total. The van der Waals surface area contributed by atoms with Crippen LogP contribution in [-0.2, 0) is 6.54 Å². The highest BCUT2D eigenvalue weighted by molar-refractivity contribution is 5.43. The fourth-order valence-corrected chi connectivity index (χ4v) is 2.35. The lowest BCUT2D eigenvalue weighted by atomic mass is 10.1. The van der Waals surface area contributed by atoms with E-state index in [-0.39, 0.29) is 5.75 Å². The van der Waals surface area contributed by atoms with Crippen molar-refractivity contribution in [2.24, 2.45) is 5.92 Å². The Labute approximate surface area is 124 Å². The van der Waals surface area contributed by atoms with Gasteiger partial charge in [0.25, 0.3) is 0 Å². The summed E-state index contributed by atoms with van der Waals surface area (Å²) in [4.78, 5) is 0. The Morgan fingerprint density at radius 3 is 2.67 bits per heavy atom. The minimum Gasteiger partial charge on any atom is -0.490 e. The lowest BCUT2D eigenvalue weighted by Gasteiger charge is -2.15. The molecule has 0 radical (unpaired) electrons. The number of hydrogen-bond acceptors (Lipinski definition) is 3. The Kier molecular flexibility index (Phi) is 5.79. The van der Waals surface area contributed by atoms with Gasteiger partial charge < -0.3 is 14.8 Å². The minimum absolute atomic E-state index is 0.0848. The number of hydrogen-bond donors (Lipinski definition) is 1. The van der Waals surface area contributed by atoms with Gasteiger partial charge >= 0.3 is 6.61 Å². The average Bonchev–Trinajstić information content (AvgIpc) is 3.22. The molecule has 1 unspecified atom stereocenters. The molecule has 1 aliphatic carbocycles. The third-order valence-electron chi connectivity index (χ3n) is 3.56. The third-order valence-corrected chi connectivity index (χ3v) is 3.56. The Hall–Kier alpha value is -1.36. The number of benzene rings is 1. The normalized spacial score (nSPS) is 16.0. The molecule has 1 aromatic carbocycles. The van der Waals surface area contributed by atoms with Crippen LogP contribution in [0.25, 0.3) is 0 Å². The summed E-state index contributed by atoms with van der Waals surface area (Å²) in [5.74, 6) is 1.34. The molecule has 0 saturated heterocycles. The van der Waals surface area contributed by atoms with Crippen molar-refractivity contribution < 1.29 is 18.3 Å². The number of halogens is 2. The van der Waals surface area contributed by atoms with Gasteiger partial charge in [-0.2, -0.15) is 8.78 Å². The zero-order chi connectivity index (χ0) is 15.2. The number of ether oxygens (including phenoxy) is 2. The van der Waals surface area contributed by atoms with E-state index < -0.39 is 6.61 Å². The van der Waals surface area contributed by atoms with Crippen molar-refractivity contribution in [2.75, 3.05) is 6.61 Å². The van der Waals surface area contributed by atoms with E-state index in [9.17, 15) is 8.78 Å². The van der Waals surface area contributed by atoms with E-state index in [1.54, 1.807) is 18.2 Å². The standard InChI is InChI=1S/C16H23F2NO2/c1-3-20-15-9-13(6-7-14(15)21-16(17)18)10-19-11(2)8-12-4-5-12/h6-7,9,11-12,16,19H,3-5,8,10H2,1-2H3. The molecule has 5 heteroatoms. The molecule has 0 aliphatic heterocycles. The van der Waals surface area contributed by atoms with Crippen LogP contribution in [0.3, 0.4) is 0 Å². The van der Waals surface area contributed by atoms with Gasteiger partial charge in [-0.15, -0.1) is 0 Å². The maximum absolute atomic E-state index is 12.3. The Morgan fingerprint density at radius 2 is 2.05 bits per heavy atom. The predicted molar refractivity (Wildman–Crippen MR) is 77.9 cm³/mol. The summed E-state index contributed by atoms with van der Waals surface area (Å²) >= 11 is 0. The topological polar surface area (TPSA) is 30.5 Å². The summed E-state index contributed by atoms with van der Waals surface area (Å²) in [7, 11) is 0. The first-order valence-corrected chi connectivity index (χ1v) is 7.52. The molecule has 0 heterocycles. The van der Waals surface area contributed by atoms with E-state index in [0.717, 1.165) is 11.5 Å². The molecular weight excluding hydrogens is 276 g/mol. The number of nitrogens with one attached hydrogen (secondary N) is 1. The van der Waals surface area contributed by atoms with Crippen LogP contribution in [0.15, 0.2) is 18.2 Å². The highest BCUT2D eigenvalue weighted by Crippen LogP contribution is 2.33. The van der Waals surface area contributed by atoms with E-state index in [2.05, 4.69) is 17.0 Å². The fourth-order valence-electron chi connectivity index (χ4n) is 2.35. The van der Waals surface area contributed by atoms with Crippen molar-refractivity contribution in [3.8, 4) is 11.5 Å². The lowest BCUT2D eigenvalue weighted by molar-refractivity contribution is -0.0514. The molecule has 0 spiro atoms. The Bertz CT molecular complexity index is 450. The SMILES string of the molecule is CCOc1cc(CNC(C)CC2CC2)ccc1OC(F)F. The molecule has 0 amide bonds. The maximum Gasteiger partial charge on any atom is 0.387 e. The van der Waals surface area contributed by atoms with Crippen LogP contribution in [-0.4, -0.2) is 19.3 Å². The second-order valence-corrected chi connectivity index (χ2v) is 5.55. The first-order valence-electron chi connectivity index (χ1n) is 7.52. The van der Waals surface area contributed by atoms with Gasteiger partial charge in [0.1, 0.15) is 0 Å². The van der Waals surface area contributed by atoms with Crippen LogP contribution in [0.5, 0.6) is 11.5 Å². The van der Waals surface area contributed by atoms with Gasteiger partial charge in [-0.25, -0.2) is 0 Å². The van der Waals surface area contributed by atoms with Crippen molar-refractivity contribution in [1.82, 2.24) is 5.32 Å². The highest BCUT2D eigenvalue weighted by Gasteiger charge is 2.23. The Balaban J connectivity index is 1.93. The molecule has 118 valence electrons. The monoisotopic (exact) mass is 299 g/mol. The van der Waals surface area contributed by atoms with Gasteiger partial charge in [0.05, 0.1) is 6.61 Å². The van der Waals surface area contributed by atoms with Crippen LogP contribution in [0, 0.1) is 5.92 Å². The van der Waals surface area contributed by atoms with Crippen LogP contribution in [0.2, 0.25) is 0 Å². The van der Waals surface area contributed by atoms with Crippen LogP contribution < -0.4 is 14.8 Å². The zero-order valence-corrected chi connectivity index (χ0v) is 12.6. The number of rotatable bonds is 9. The molecule has 1 saturated carbocycles. The van der Waals surface area contributed by atoms with Crippen LogP contribution in [0.1, 0.15) is 38.7 Å².